The minimum absolute atomic E-state index is 0.149. The molecule has 2 fully saturated rings. The van der Waals surface area contributed by atoms with Crippen molar-refractivity contribution in [1.29, 1.82) is 0 Å². The van der Waals surface area contributed by atoms with Gasteiger partial charge < -0.3 is 14.8 Å². The van der Waals surface area contributed by atoms with Crippen molar-refractivity contribution < 1.29 is 10.2 Å². The number of aromatic nitrogens is 2. The molecule has 2 bridgehead atoms. The molecular weight excluding hydrogens is 380 g/mol. The molecule has 7 nitrogen and oxygen atoms in total. The first-order valence-electron chi connectivity index (χ1n) is 11.0. The van der Waals surface area contributed by atoms with E-state index in [1.165, 1.54) is 6.20 Å². The molecular formula is C23H30N4O3. The molecule has 0 radical (unpaired) electrons. The van der Waals surface area contributed by atoms with E-state index in [0.29, 0.717) is 24.9 Å². The number of aliphatic hydroxyl groups excluding tert-OH is 1. The van der Waals surface area contributed by atoms with Crippen LogP contribution in [0.1, 0.15) is 42.1 Å². The molecule has 0 saturated carbocycles. The molecule has 2 aromatic heterocycles. The highest BCUT2D eigenvalue weighted by Gasteiger charge is 2.35. The molecule has 3 aliphatic rings. The Kier molecular flexibility index (Phi) is 5.35. The molecule has 0 aromatic carbocycles. The largest absolute Gasteiger partial charge is 0.506 e. The van der Waals surface area contributed by atoms with Crippen LogP contribution in [-0.2, 0) is 19.6 Å². The van der Waals surface area contributed by atoms with Crippen molar-refractivity contribution in [3.05, 3.63) is 57.8 Å². The van der Waals surface area contributed by atoms with Gasteiger partial charge in [0.1, 0.15) is 5.75 Å². The Hall–Kier alpha value is -2.22. The maximum Gasteiger partial charge on any atom is 0.255 e. The van der Waals surface area contributed by atoms with Crippen molar-refractivity contribution in [1.82, 2.24) is 19.4 Å². The molecule has 2 N–H and O–H groups in total. The third-order valence-corrected chi connectivity index (χ3v) is 6.83. The number of fused-ring (bicyclic) bond motifs is 4. The van der Waals surface area contributed by atoms with E-state index in [4.69, 9.17) is 0 Å². The smallest absolute Gasteiger partial charge is 0.255 e. The van der Waals surface area contributed by atoms with Crippen LogP contribution < -0.4 is 5.56 Å². The first-order chi connectivity index (χ1) is 14.5. The van der Waals surface area contributed by atoms with E-state index >= 15 is 0 Å². The van der Waals surface area contributed by atoms with Crippen LogP contribution in [0.5, 0.6) is 5.75 Å². The van der Waals surface area contributed by atoms with E-state index in [-0.39, 0.29) is 17.4 Å². The Balaban J connectivity index is 1.32. The predicted octanol–water partition coefficient (Wildman–Crippen LogP) is 1.52. The number of piperidine rings is 2. The summed E-state index contributed by atoms with van der Waals surface area (Å²) in [6.07, 6.45) is 4.21. The van der Waals surface area contributed by atoms with Gasteiger partial charge in [-0.3, -0.25) is 19.6 Å². The Morgan fingerprint density at radius 3 is 2.73 bits per heavy atom. The van der Waals surface area contributed by atoms with Gasteiger partial charge in [-0.1, -0.05) is 6.07 Å². The molecule has 0 spiro atoms. The van der Waals surface area contributed by atoms with Gasteiger partial charge >= 0.3 is 0 Å². The lowest BCUT2D eigenvalue weighted by Gasteiger charge is -2.43. The maximum absolute atomic E-state index is 13.2. The first kappa shape index (κ1) is 19.7. The van der Waals surface area contributed by atoms with Crippen LogP contribution in [0.3, 0.4) is 0 Å². The van der Waals surface area contributed by atoms with E-state index in [0.717, 1.165) is 68.9 Å². The van der Waals surface area contributed by atoms with E-state index in [1.807, 2.05) is 16.7 Å². The van der Waals surface area contributed by atoms with Crippen molar-refractivity contribution >= 4 is 0 Å². The van der Waals surface area contributed by atoms with Crippen molar-refractivity contribution in [2.75, 3.05) is 26.2 Å². The van der Waals surface area contributed by atoms with Crippen LogP contribution in [0.25, 0.3) is 0 Å². The topological polar surface area (TPSA) is 81.8 Å². The van der Waals surface area contributed by atoms with Crippen LogP contribution in [-0.4, -0.2) is 61.8 Å². The fourth-order valence-electron chi connectivity index (χ4n) is 5.49. The molecule has 3 aliphatic heterocycles. The van der Waals surface area contributed by atoms with E-state index < -0.39 is 0 Å². The van der Waals surface area contributed by atoms with Crippen molar-refractivity contribution in [3.63, 3.8) is 0 Å². The number of pyridine rings is 2. The SMILES string of the molecule is O=c1c(CN2CCC[C@H](O)C2)ccc2n1C[C@H]1C[C@@H]2CN(Cc2ccc(O)cn2)C1. The van der Waals surface area contributed by atoms with Gasteiger partial charge in [-0.05, 0) is 49.9 Å². The molecule has 2 aromatic rings. The standard InChI is InChI=1S/C23H30N4O3/c28-20-5-4-19(24-9-20)14-26-10-16-8-18(13-26)22-6-3-17(23(30)27(22)11-16)12-25-7-1-2-21(29)15-25/h3-6,9,16,18,21,28-29H,1-2,7-8,10-15H2/t16-,18+,21-/m0/s1. The second-order valence-corrected chi connectivity index (χ2v) is 9.23. The highest BCUT2D eigenvalue weighted by atomic mass is 16.3. The van der Waals surface area contributed by atoms with Gasteiger partial charge in [-0.25, -0.2) is 0 Å². The summed E-state index contributed by atoms with van der Waals surface area (Å²) in [7, 11) is 0. The second-order valence-electron chi connectivity index (χ2n) is 9.23. The molecule has 7 heteroatoms. The molecule has 3 atom stereocenters. The average Bonchev–Trinajstić information content (AvgIpc) is 2.72. The summed E-state index contributed by atoms with van der Waals surface area (Å²) in [5, 5.41) is 19.4. The van der Waals surface area contributed by atoms with Gasteiger partial charge in [0.15, 0.2) is 0 Å². The fourth-order valence-corrected chi connectivity index (χ4v) is 5.49. The number of likely N-dealkylation sites (tertiary alicyclic amines) is 2. The van der Waals surface area contributed by atoms with Crippen LogP contribution in [0.2, 0.25) is 0 Å². The average molecular weight is 411 g/mol. The zero-order valence-corrected chi connectivity index (χ0v) is 17.3. The number of aromatic hydroxyl groups is 1. The van der Waals surface area contributed by atoms with E-state index in [9.17, 15) is 15.0 Å². The van der Waals surface area contributed by atoms with Crippen LogP contribution in [0, 0.1) is 5.92 Å². The summed E-state index contributed by atoms with van der Waals surface area (Å²) >= 11 is 0. The van der Waals surface area contributed by atoms with Crippen LogP contribution >= 0.6 is 0 Å². The first-order valence-corrected chi connectivity index (χ1v) is 11.0. The van der Waals surface area contributed by atoms with Gasteiger partial charge in [-0.15, -0.1) is 0 Å². The highest BCUT2D eigenvalue weighted by molar-refractivity contribution is 5.23. The third kappa shape index (κ3) is 4.02. The number of aliphatic hydroxyl groups is 1. The molecule has 0 amide bonds. The Bertz CT molecular complexity index is 958. The number of rotatable bonds is 4. The maximum atomic E-state index is 13.2. The Morgan fingerprint density at radius 1 is 1.03 bits per heavy atom. The molecule has 5 heterocycles. The zero-order valence-electron chi connectivity index (χ0n) is 17.3. The van der Waals surface area contributed by atoms with E-state index in [2.05, 4.69) is 20.9 Å². The van der Waals surface area contributed by atoms with Gasteiger partial charge in [0.25, 0.3) is 5.56 Å². The quantitative estimate of drug-likeness (QED) is 0.796. The van der Waals surface area contributed by atoms with Crippen molar-refractivity contribution in [3.8, 4) is 5.75 Å². The molecule has 2 saturated heterocycles. The minimum Gasteiger partial charge on any atom is -0.506 e. The van der Waals surface area contributed by atoms with Crippen molar-refractivity contribution in [2.45, 2.75) is 50.9 Å². The summed E-state index contributed by atoms with van der Waals surface area (Å²) in [6, 6.07) is 7.73. The van der Waals surface area contributed by atoms with Gasteiger partial charge in [0.05, 0.1) is 18.0 Å². The predicted molar refractivity (Wildman–Crippen MR) is 113 cm³/mol. The summed E-state index contributed by atoms with van der Waals surface area (Å²) < 4.78 is 2.02. The summed E-state index contributed by atoms with van der Waals surface area (Å²) in [6.45, 7) is 5.68. The monoisotopic (exact) mass is 410 g/mol. The lowest BCUT2D eigenvalue weighted by Crippen LogP contribution is -2.47. The lowest BCUT2D eigenvalue weighted by atomic mass is 9.83. The van der Waals surface area contributed by atoms with Crippen LogP contribution in [0.15, 0.2) is 35.3 Å². The number of β-amino-alcohol motifs (C(OH)–C–C–N with tert-alkyl or cyclic N) is 1. The second kappa shape index (κ2) is 8.13. The van der Waals surface area contributed by atoms with Gasteiger partial charge in [0, 0.05) is 56.4 Å². The molecule has 0 unspecified atom stereocenters. The van der Waals surface area contributed by atoms with Gasteiger partial charge in [-0.2, -0.15) is 0 Å². The Morgan fingerprint density at radius 2 is 1.93 bits per heavy atom. The number of hydrogen-bond acceptors (Lipinski definition) is 6. The lowest BCUT2D eigenvalue weighted by molar-refractivity contribution is 0.0663. The summed E-state index contributed by atoms with van der Waals surface area (Å²) in [4.78, 5) is 22.2. The summed E-state index contributed by atoms with van der Waals surface area (Å²) in [5.74, 6) is 1.03. The fraction of sp³-hybridized carbons (Fsp3) is 0.565. The van der Waals surface area contributed by atoms with Crippen LogP contribution in [0.4, 0.5) is 0 Å². The third-order valence-electron chi connectivity index (χ3n) is 6.83. The zero-order chi connectivity index (χ0) is 20.7. The molecule has 5 rings (SSSR count). The van der Waals surface area contributed by atoms with Crippen molar-refractivity contribution in [2.24, 2.45) is 5.92 Å². The number of hydrogen-bond donors (Lipinski definition) is 2. The number of nitrogens with zero attached hydrogens (tertiary/aromatic N) is 4. The molecule has 160 valence electrons. The Labute approximate surface area is 176 Å². The minimum atomic E-state index is -0.271. The molecule has 30 heavy (non-hydrogen) atoms. The molecule has 0 aliphatic carbocycles. The highest BCUT2D eigenvalue weighted by Crippen LogP contribution is 2.35. The van der Waals surface area contributed by atoms with E-state index in [1.54, 1.807) is 6.07 Å². The normalized spacial score (nSPS) is 27.0. The van der Waals surface area contributed by atoms with Gasteiger partial charge in [0.2, 0.25) is 0 Å². The summed E-state index contributed by atoms with van der Waals surface area (Å²) in [5.41, 5.74) is 3.11.